The summed E-state index contributed by atoms with van der Waals surface area (Å²) in [6.07, 6.45) is 0.458. The van der Waals surface area contributed by atoms with Gasteiger partial charge in [-0.25, -0.2) is 4.39 Å². The van der Waals surface area contributed by atoms with Crippen molar-refractivity contribution in [1.29, 1.82) is 0 Å². The maximum Gasteiger partial charge on any atom is 0.269 e. The Morgan fingerprint density at radius 1 is 0.815 bits per heavy atom. The molecule has 27 heavy (non-hydrogen) atoms. The van der Waals surface area contributed by atoms with E-state index in [0.717, 1.165) is 12.1 Å². The average molecular weight is 369 g/mol. The van der Waals surface area contributed by atoms with Crippen LogP contribution in [0.5, 0.6) is 0 Å². The lowest BCUT2D eigenvalue weighted by atomic mass is 10.1. The number of carbonyl (C=O) groups excluding carboxylic acids is 4. The fraction of sp³-hybridized carbons (Fsp3) is 0.158. The van der Waals surface area contributed by atoms with Crippen molar-refractivity contribution in [3.63, 3.8) is 0 Å². The number of likely N-dealkylation sites (tertiary alicyclic amines) is 1. The zero-order valence-electron chi connectivity index (χ0n) is 14.2. The van der Waals surface area contributed by atoms with E-state index in [1.807, 2.05) is 0 Å². The Labute approximate surface area is 154 Å². The van der Waals surface area contributed by atoms with Crippen molar-refractivity contribution >= 4 is 23.6 Å². The average Bonchev–Trinajstić information content (AvgIpc) is 2.99. The van der Waals surface area contributed by atoms with Crippen LogP contribution >= 0.6 is 0 Å². The second kappa shape index (κ2) is 7.77. The summed E-state index contributed by atoms with van der Waals surface area (Å²) in [5.74, 6) is -1.99. The molecule has 1 saturated heterocycles. The topological polar surface area (TPSA) is 95.6 Å². The number of rotatable bonds is 4. The predicted molar refractivity (Wildman–Crippen MR) is 92.6 cm³/mol. The van der Waals surface area contributed by atoms with Gasteiger partial charge in [0.25, 0.3) is 11.8 Å². The standard InChI is InChI=1S/C19H16FN3O4/c20-15-7-5-14(6-8-15)19(27)22-21-18(26)13-3-1-12(2-4-13)11-23-16(24)9-10-17(23)25/h1-8H,9-11H2,(H,21,26)(H,22,27). The van der Waals surface area contributed by atoms with Gasteiger partial charge in [-0.05, 0) is 42.0 Å². The van der Waals surface area contributed by atoms with Crippen molar-refractivity contribution in [3.05, 3.63) is 71.0 Å². The Kier molecular flexibility index (Phi) is 5.25. The zero-order valence-corrected chi connectivity index (χ0v) is 14.2. The van der Waals surface area contributed by atoms with Crippen molar-refractivity contribution in [2.45, 2.75) is 19.4 Å². The molecule has 0 aliphatic carbocycles. The number of hydrogen-bond donors (Lipinski definition) is 2. The monoisotopic (exact) mass is 369 g/mol. The highest BCUT2D eigenvalue weighted by molar-refractivity contribution is 6.02. The SMILES string of the molecule is O=C(NNC(=O)c1ccc(CN2C(=O)CCC2=O)cc1)c1ccc(F)cc1. The summed E-state index contributed by atoms with van der Waals surface area (Å²) in [6.45, 7) is 0.168. The summed E-state index contributed by atoms with van der Waals surface area (Å²) in [5, 5.41) is 0. The Morgan fingerprint density at radius 3 is 1.74 bits per heavy atom. The van der Waals surface area contributed by atoms with Crippen LogP contribution in [0.4, 0.5) is 4.39 Å². The second-order valence-electron chi connectivity index (χ2n) is 5.99. The van der Waals surface area contributed by atoms with E-state index in [9.17, 15) is 23.6 Å². The number of nitrogens with one attached hydrogen (secondary N) is 2. The van der Waals surface area contributed by atoms with Gasteiger partial charge in [-0.15, -0.1) is 0 Å². The molecular weight excluding hydrogens is 353 g/mol. The van der Waals surface area contributed by atoms with Gasteiger partial charge in [0.05, 0.1) is 6.54 Å². The molecule has 2 aromatic carbocycles. The van der Waals surface area contributed by atoms with Crippen LogP contribution in [0.15, 0.2) is 48.5 Å². The molecule has 1 fully saturated rings. The van der Waals surface area contributed by atoms with E-state index in [4.69, 9.17) is 0 Å². The van der Waals surface area contributed by atoms with E-state index in [0.29, 0.717) is 5.56 Å². The molecule has 0 atom stereocenters. The quantitative estimate of drug-likeness (QED) is 0.631. The van der Waals surface area contributed by atoms with Crippen molar-refractivity contribution in [3.8, 4) is 0 Å². The molecule has 0 spiro atoms. The highest BCUT2D eigenvalue weighted by Gasteiger charge is 2.28. The van der Waals surface area contributed by atoms with E-state index in [-0.39, 0.29) is 42.3 Å². The third-order valence-corrected chi connectivity index (χ3v) is 4.11. The molecule has 4 amide bonds. The van der Waals surface area contributed by atoms with E-state index in [2.05, 4.69) is 10.9 Å². The molecule has 3 rings (SSSR count). The number of nitrogens with zero attached hydrogens (tertiary/aromatic N) is 1. The molecule has 1 aliphatic rings. The molecular formula is C19H16FN3O4. The Hall–Kier alpha value is -3.55. The molecule has 0 radical (unpaired) electrons. The maximum absolute atomic E-state index is 12.8. The molecule has 1 heterocycles. The zero-order chi connectivity index (χ0) is 19.4. The van der Waals surface area contributed by atoms with E-state index >= 15 is 0 Å². The first-order valence-corrected chi connectivity index (χ1v) is 8.22. The molecule has 138 valence electrons. The minimum Gasteiger partial charge on any atom is -0.278 e. The van der Waals surface area contributed by atoms with Crippen LogP contribution in [-0.4, -0.2) is 28.5 Å². The summed E-state index contributed by atoms with van der Waals surface area (Å²) >= 11 is 0. The van der Waals surface area contributed by atoms with Crippen LogP contribution in [-0.2, 0) is 16.1 Å². The van der Waals surface area contributed by atoms with Crippen LogP contribution < -0.4 is 10.9 Å². The number of halogens is 1. The van der Waals surface area contributed by atoms with Gasteiger partial charge in [0, 0.05) is 24.0 Å². The number of imide groups is 1. The van der Waals surface area contributed by atoms with Crippen molar-refractivity contribution < 1.29 is 23.6 Å². The first-order chi connectivity index (χ1) is 12.9. The van der Waals surface area contributed by atoms with Crippen LogP contribution in [0.25, 0.3) is 0 Å². The number of hydrogen-bond acceptors (Lipinski definition) is 4. The Morgan fingerprint density at radius 2 is 1.26 bits per heavy atom. The predicted octanol–water partition coefficient (Wildman–Crippen LogP) is 1.55. The molecule has 1 aliphatic heterocycles. The minimum atomic E-state index is -0.578. The Balaban J connectivity index is 1.55. The van der Waals surface area contributed by atoms with Crippen LogP contribution in [0.1, 0.15) is 39.1 Å². The van der Waals surface area contributed by atoms with Crippen LogP contribution in [0, 0.1) is 5.82 Å². The summed E-state index contributed by atoms with van der Waals surface area (Å²) < 4.78 is 12.8. The third kappa shape index (κ3) is 4.35. The summed E-state index contributed by atoms with van der Waals surface area (Å²) in [4.78, 5) is 48.4. The Bertz CT molecular complexity index is 878. The molecule has 8 heteroatoms. The van der Waals surface area contributed by atoms with Crippen molar-refractivity contribution in [2.75, 3.05) is 0 Å². The molecule has 0 saturated carbocycles. The molecule has 2 aromatic rings. The van der Waals surface area contributed by atoms with Crippen molar-refractivity contribution in [1.82, 2.24) is 15.8 Å². The molecule has 2 N–H and O–H groups in total. The molecule has 7 nitrogen and oxygen atoms in total. The van der Waals surface area contributed by atoms with E-state index < -0.39 is 17.6 Å². The number of amides is 4. The first kappa shape index (κ1) is 18.2. The smallest absolute Gasteiger partial charge is 0.269 e. The van der Waals surface area contributed by atoms with Gasteiger partial charge >= 0.3 is 0 Å². The van der Waals surface area contributed by atoms with Crippen LogP contribution in [0.2, 0.25) is 0 Å². The van der Waals surface area contributed by atoms with E-state index in [1.165, 1.54) is 29.2 Å². The number of benzene rings is 2. The highest BCUT2D eigenvalue weighted by atomic mass is 19.1. The van der Waals surface area contributed by atoms with E-state index in [1.54, 1.807) is 12.1 Å². The largest absolute Gasteiger partial charge is 0.278 e. The van der Waals surface area contributed by atoms with Crippen molar-refractivity contribution in [2.24, 2.45) is 0 Å². The second-order valence-corrected chi connectivity index (χ2v) is 5.99. The fourth-order valence-corrected chi connectivity index (χ4v) is 2.60. The first-order valence-electron chi connectivity index (χ1n) is 8.22. The normalized spacial score (nSPS) is 13.6. The summed E-state index contributed by atoms with van der Waals surface area (Å²) in [6, 6.07) is 11.2. The summed E-state index contributed by atoms with van der Waals surface area (Å²) in [7, 11) is 0. The lowest BCUT2D eigenvalue weighted by molar-refractivity contribution is -0.139. The molecule has 0 bridgehead atoms. The molecule has 0 unspecified atom stereocenters. The van der Waals surface area contributed by atoms with Gasteiger partial charge in [0.2, 0.25) is 11.8 Å². The van der Waals surface area contributed by atoms with Gasteiger partial charge in [-0.3, -0.25) is 34.9 Å². The summed E-state index contributed by atoms with van der Waals surface area (Å²) in [5.41, 5.74) is 5.71. The van der Waals surface area contributed by atoms with Crippen LogP contribution in [0.3, 0.4) is 0 Å². The minimum absolute atomic E-state index is 0.168. The fourth-order valence-electron chi connectivity index (χ4n) is 2.60. The maximum atomic E-state index is 12.8. The lowest BCUT2D eigenvalue weighted by Crippen LogP contribution is -2.41. The van der Waals surface area contributed by atoms with Gasteiger partial charge < -0.3 is 0 Å². The van der Waals surface area contributed by atoms with Gasteiger partial charge in [-0.1, -0.05) is 12.1 Å². The van der Waals surface area contributed by atoms with Gasteiger partial charge in [0.15, 0.2) is 0 Å². The van der Waals surface area contributed by atoms with Gasteiger partial charge in [0.1, 0.15) is 5.82 Å². The number of hydrazine groups is 1. The third-order valence-electron chi connectivity index (χ3n) is 4.11. The number of carbonyl (C=O) groups is 4. The highest BCUT2D eigenvalue weighted by Crippen LogP contribution is 2.16. The van der Waals surface area contributed by atoms with Gasteiger partial charge in [-0.2, -0.15) is 0 Å². The molecule has 0 aromatic heterocycles. The lowest BCUT2D eigenvalue weighted by Gasteiger charge is -2.14.